The average Bonchev–Trinajstić information content (AvgIpc) is 2.99. The highest BCUT2D eigenvalue weighted by Crippen LogP contribution is 2.21. The van der Waals surface area contributed by atoms with E-state index >= 15 is 0 Å². The van der Waals surface area contributed by atoms with Crippen molar-refractivity contribution in [3.8, 4) is 5.75 Å². The average molecular weight is 366 g/mol. The van der Waals surface area contributed by atoms with Crippen LogP contribution in [0.3, 0.4) is 0 Å². The van der Waals surface area contributed by atoms with E-state index in [1.807, 2.05) is 36.9 Å². The monoisotopic (exact) mass is 365 g/mol. The van der Waals surface area contributed by atoms with Gasteiger partial charge in [0.05, 0.1) is 0 Å². The number of hydrogen-bond donors (Lipinski definition) is 3. The molecule has 1 aromatic heterocycles. The Hall–Kier alpha value is -2.18. The molecule has 0 saturated carbocycles. The first-order valence-electron chi connectivity index (χ1n) is 8.14. The Morgan fingerprint density at radius 2 is 2.16 bits per heavy atom. The fraction of sp³-hybridized carbons (Fsp3) is 0.389. The molecule has 25 heavy (non-hydrogen) atoms. The summed E-state index contributed by atoms with van der Waals surface area (Å²) >= 11 is 5.95. The second kappa shape index (κ2) is 9.34. The van der Waals surface area contributed by atoms with Gasteiger partial charge in [0.15, 0.2) is 0 Å². The van der Waals surface area contributed by atoms with Crippen molar-refractivity contribution in [1.29, 1.82) is 0 Å². The highest BCUT2D eigenvalue weighted by Gasteiger charge is 2.08. The first-order valence-corrected chi connectivity index (χ1v) is 8.52. The SMILES string of the molecule is Cc1cc(OCC(O)CNC(=O)NCCc2cccn2C)ccc1Cl. The number of nitrogens with one attached hydrogen (secondary N) is 2. The Kier molecular flexibility index (Phi) is 7.16. The fourth-order valence-electron chi connectivity index (χ4n) is 2.29. The number of aromatic nitrogens is 1. The van der Waals surface area contributed by atoms with E-state index in [0.29, 0.717) is 17.3 Å². The van der Waals surface area contributed by atoms with E-state index in [1.54, 1.807) is 18.2 Å². The Morgan fingerprint density at radius 3 is 2.84 bits per heavy atom. The molecule has 3 N–H and O–H groups in total. The van der Waals surface area contributed by atoms with Crippen LogP contribution in [0, 0.1) is 6.92 Å². The lowest BCUT2D eigenvalue weighted by Gasteiger charge is -2.14. The third-order valence-corrected chi connectivity index (χ3v) is 4.21. The first-order chi connectivity index (χ1) is 12.0. The largest absolute Gasteiger partial charge is 0.491 e. The van der Waals surface area contributed by atoms with Crippen molar-refractivity contribution in [1.82, 2.24) is 15.2 Å². The molecule has 136 valence electrons. The number of nitrogens with zero attached hydrogens (tertiary/aromatic N) is 1. The van der Waals surface area contributed by atoms with Crippen LogP contribution in [0.15, 0.2) is 36.5 Å². The Labute approximate surface area is 152 Å². The number of rotatable bonds is 8. The van der Waals surface area contributed by atoms with Crippen molar-refractivity contribution in [2.45, 2.75) is 19.4 Å². The van der Waals surface area contributed by atoms with Crippen LogP contribution >= 0.6 is 11.6 Å². The Balaban J connectivity index is 1.62. The van der Waals surface area contributed by atoms with Gasteiger partial charge in [-0.05, 0) is 42.8 Å². The summed E-state index contributed by atoms with van der Waals surface area (Å²) in [4.78, 5) is 11.7. The minimum absolute atomic E-state index is 0.0880. The maximum atomic E-state index is 11.7. The van der Waals surface area contributed by atoms with Gasteiger partial charge in [0.1, 0.15) is 18.5 Å². The van der Waals surface area contributed by atoms with Gasteiger partial charge in [-0.1, -0.05) is 11.6 Å². The van der Waals surface area contributed by atoms with E-state index in [9.17, 15) is 9.90 Å². The van der Waals surface area contributed by atoms with Gasteiger partial charge in [-0.3, -0.25) is 0 Å². The quantitative estimate of drug-likeness (QED) is 0.671. The molecule has 1 heterocycles. The van der Waals surface area contributed by atoms with E-state index in [1.165, 1.54) is 0 Å². The zero-order valence-electron chi connectivity index (χ0n) is 14.5. The number of urea groups is 1. The van der Waals surface area contributed by atoms with Crippen LogP contribution in [0.25, 0.3) is 0 Å². The molecule has 2 rings (SSSR count). The summed E-state index contributed by atoms with van der Waals surface area (Å²) in [5.74, 6) is 0.632. The van der Waals surface area contributed by atoms with E-state index in [4.69, 9.17) is 16.3 Å². The third-order valence-electron chi connectivity index (χ3n) is 3.79. The van der Waals surface area contributed by atoms with Gasteiger partial charge in [-0.25, -0.2) is 4.79 Å². The van der Waals surface area contributed by atoms with Crippen molar-refractivity contribution < 1.29 is 14.6 Å². The molecule has 2 aromatic rings. The van der Waals surface area contributed by atoms with Crippen molar-refractivity contribution in [3.63, 3.8) is 0 Å². The van der Waals surface area contributed by atoms with Crippen LogP contribution in [-0.2, 0) is 13.5 Å². The molecule has 0 aliphatic rings. The van der Waals surface area contributed by atoms with Crippen LogP contribution in [0.5, 0.6) is 5.75 Å². The number of benzene rings is 1. The van der Waals surface area contributed by atoms with Gasteiger partial charge in [0, 0.05) is 43.5 Å². The normalized spacial score (nSPS) is 11.8. The molecule has 1 unspecified atom stereocenters. The summed E-state index contributed by atoms with van der Waals surface area (Å²) in [6.07, 6.45) is 1.92. The molecule has 2 amide bonds. The zero-order valence-corrected chi connectivity index (χ0v) is 15.2. The summed E-state index contributed by atoms with van der Waals surface area (Å²) in [5.41, 5.74) is 2.05. The summed E-state index contributed by atoms with van der Waals surface area (Å²) in [5, 5.41) is 16.0. The Morgan fingerprint density at radius 1 is 1.36 bits per heavy atom. The lowest BCUT2D eigenvalue weighted by atomic mass is 10.2. The molecule has 0 spiro atoms. The summed E-state index contributed by atoms with van der Waals surface area (Å²) in [6.45, 7) is 2.61. The zero-order chi connectivity index (χ0) is 18.2. The Bertz CT molecular complexity index is 703. The van der Waals surface area contributed by atoms with Gasteiger partial charge in [0.25, 0.3) is 0 Å². The smallest absolute Gasteiger partial charge is 0.314 e. The molecule has 7 heteroatoms. The van der Waals surface area contributed by atoms with Crippen LogP contribution in [0.1, 0.15) is 11.3 Å². The third kappa shape index (κ3) is 6.32. The van der Waals surface area contributed by atoms with Gasteiger partial charge < -0.3 is 25.0 Å². The maximum Gasteiger partial charge on any atom is 0.314 e. The lowest BCUT2D eigenvalue weighted by Crippen LogP contribution is -2.42. The van der Waals surface area contributed by atoms with E-state index < -0.39 is 6.10 Å². The number of carbonyl (C=O) groups excluding carboxylic acids is 1. The number of aryl methyl sites for hydroxylation is 2. The molecule has 1 aromatic carbocycles. The van der Waals surface area contributed by atoms with Crippen molar-refractivity contribution >= 4 is 17.6 Å². The fourth-order valence-corrected chi connectivity index (χ4v) is 2.41. The van der Waals surface area contributed by atoms with Crippen molar-refractivity contribution in [3.05, 3.63) is 52.8 Å². The van der Waals surface area contributed by atoms with Crippen LogP contribution in [0.2, 0.25) is 5.02 Å². The molecule has 0 radical (unpaired) electrons. The van der Waals surface area contributed by atoms with Gasteiger partial charge in [-0.2, -0.15) is 0 Å². The van der Waals surface area contributed by atoms with Crippen molar-refractivity contribution in [2.75, 3.05) is 19.7 Å². The van der Waals surface area contributed by atoms with Gasteiger partial charge in [0.2, 0.25) is 0 Å². The molecule has 0 saturated heterocycles. The van der Waals surface area contributed by atoms with Gasteiger partial charge in [-0.15, -0.1) is 0 Å². The van der Waals surface area contributed by atoms with Crippen LogP contribution < -0.4 is 15.4 Å². The maximum absolute atomic E-state index is 11.7. The molecule has 1 atom stereocenters. The topological polar surface area (TPSA) is 75.5 Å². The number of hydrogen-bond acceptors (Lipinski definition) is 3. The summed E-state index contributed by atoms with van der Waals surface area (Å²) in [7, 11) is 1.97. The standard InChI is InChI=1S/C18H24ClN3O3/c1-13-10-16(5-6-17(13)19)25-12-15(23)11-21-18(24)20-8-7-14-4-3-9-22(14)2/h3-6,9-10,15,23H,7-8,11-12H2,1-2H3,(H2,20,21,24). The molecule has 6 nitrogen and oxygen atoms in total. The predicted molar refractivity (Wildman–Crippen MR) is 98.2 cm³/mol. The number of amides is 2. The molecule has 0 aliphatic heterocycles. The minimum Gasteiger partial charge on any atom is -0.491 e. The second-order valence-electron chi connectivity index (χ2n) is 5.87. The minimum atomic E-state index is -0.797. The summed E-state index contributed by atoms with van der Waals surface area (Å²) in [6, 6.07) is 8.96. The molecule has 0 bridgehead atoms. The van der Waals surface area contributed by atoms with E-state index in [0.717, 1.165) is 17.7 Å². The number of carbonyl (C=O) groups is 1. The first kappa shape index (κ1) is 19.1. The highest BCUT2D eigenvalue weighted by molar-refractivity contribution is 6.31. The molecular formula is C18H24ClN3O3. The summed E-state index contributed by atoms with van der Waals surface area (Å²) < 4.78 is 7.51. The number of ether oxygens (including phenoxy) is 1. The van der Waals surface area contributed by atoms with Crippen LogP contribution in [0.4, 0.5) is 4.79 Å². The number of aliphatic hydroxyl groups is 1. The van der Waals surface area contributed by atoms with E-state index in [2.05, 4.69) is 10.6 Å². The molecule has 0 aliphatic carbocycles. The lowest BCUT2D eigenvalue weighted by molar-refractivity contribution is 0.108. The molecule has 0 fully saturated rings. The highest BCUT2D eigenvalue weighted by atomic mass is 35.5. The van der Waals surface area contributed by atoms with Crippen molar-refractivity contribution in [2.24, 2.45) is 7.05 Å². The van der Waals surface area contributed by atoms with E-state index in [-0.39, 0.29) is 19.2 Å². The van der Waals surface area contributed by atoms with Gasteiger partial charge >= 0.3 is 6.03 Å². The van der Waals surface area contributed by atoms with Crippen LogP contribution in [-0.4, -0.2) is 41.5 Å². The molecular weight excluding hydrogens is 342 g/mol. The second-order valence-corrected chi connectivity index (χ2v) is 6.28. The number of aliphatic hydroxyl groups excluding tert-OH is 1. The number of halogens is 1. The predicted octanol–water partition coefficient (Wildman–Crippen LogP) is 2.27.